The Kier molecular flexibility index (Phi) is 5.51. The molecule has 4 rings (SSSR count). The zero-order valence-corrected chi connectivity index (χ0v) is 19.8. The second-order valence-electron chi connectivity index (χ2n) is 8.32. The maximum Gasteiger partial charge on any atom is 0.219 e. The highest BCUT2D eigenvalue weighted by Gasteiger charge is 2.42. The van der Waals surface area contributed by atoms with E-state index in [2.05, 4.69) is 43.1 Å². The zero-order valence-electron chi connectivity index (χ0n) is 17.4. The molecule has 2 aliphatic rings. The first kappa shape index (κ1) is 21.1. The van der Waals surface area contributed by atoms with E-state index < -0.39 is 5.92 Å². The number of nitrogens with zero attached hydrogens (tertiary/aromatic N) is 4. The summed E-state index contributed by atoms with van der Waals surface area (Å²) in [4.78, 5) is 17.1. The Morgan fingerprint density at radius 3 is 2.63 bits per heavy atom. The summed E-state index contributed by atoms with van der Waals surface area (Å²) in [6.45, 7) is 6.49. The molecule has 3 heterocycles. The smallest absolute Gasteiger partial charge is 0.219 e. The molecule has 0 spiro atoms. The summed E-state index contributed by atoms with van der Waals surface area (Å²) in [6.07, 6.45) is 3.92. The van der Waals surface area contributed by atoms with E-state index in [0.29, 0.717) is 28.5 Å². The van der Waals surface area contributed by atoms with E-state index in [0.717, 1.165) is 27.8 Å². The lowest BCUT2D eigenvalue weighted by atomic mass is 9.78. The second kappa shape index (κ2) is 7.84. The zero-order chi connectivity index (χ0) is 21.6. The van der Waals surface area contributed by atoms with Crippen molar-refractivity contribution in [3.63, 3.8) is 0 Å². The molecule has 0 saturated heterocycles. The van der Waals surface area contributed by atoms with Crippen molar-refractivity contribution < 1.29 is 4.79 Å². The minimum absolute atomic E-state index is 0.000245. The van der Waals surface area contributed by atoms with E-state index in [4.69, 9.17) is 5.73 Å². The predicted molar refractivity (Wildman–Crippen MR) is 123 cm³/mol. The van der Waals surface area contributed by atoms with Gasteiger partial charge >= 0.3 is 0 Å². The first-order valence-electron chi connectivity index (χ1n) is 9.70. The van der Waals surface area contributed by atoms with Crippen molar-refractivity contribution in [1.29, 1.82) is 5.26 Å². The predicted octanol–water partition coefficient (Wildman–Crippen LogP) is 4.92. The van der Waals surface area contributed by atoms with Gasteiger partial charge in [0, 0.05) is 27.4 Å². The number of nitrogens with two attached hydrogens (primary N) is 1. The number of rotatable bonds is 3. The maximum absolute atomic E-state index is 13.1. The molecule has 1 unspecified atom stereocenters. The van der Waals surface area contributed by atoms with Gasteiger partial charge < -0.3 is 5.73 Å². The van der Waals surface area contributed by atoms with Gasteiger partial charge in [-0.15, -0.1) is 21.5 Å². The molecular weight excluding hydrogens is 434 g/mol. The van der Waals surface area contributed by atoms with E-state index in [9.17, 15) is 10.1 Å². The number of aromatic nitrogens is 2. The average Bonchev–Trinajstić information content (AvgIpc) is 3.36. The number of thioether (sulfide) groups is 1. The number of carbonyl (C=O) groups is 1. The quantitative estimate of drug-likeness (QED) is 0.653. The van der Waals surface area contributed by atoms with Crippen molar-refractivity contribution in [2.45, 2.75) is 55.7 Å². The van der Waals surface area contributed by atoms with Crippen LogP contribution < -0.4 is 10.6 Å². The van der Waals surface area contributed by atoms with Crippen LogP contribution in [0.2, 0.25) is 0 Å². The third-order valence-electron chi connectivity index (χ3n) is 5.33. The lowest BCUT2D eigenvalue weighted by Gasteiger charge is -2.37. The second-order valence-corrected chi connectivity index (χ2v) is 11.4. The first-order chi connectivity index (χ1) is 14.3. The minimum Gasteiger partial charge on any atom is -0.384 e. The van der Waals surface area contributed by atoms with Gasteiger partial charge in [0.1, 0.15) is 5.82 Å². The van der Waals surface area contributed by atoms with E-state index in [1.54, 1.807) is 16.2 Å². The van der Waals surface area contributed by atoms with Gasteiger partial charge in [-0.1, -0.05) is 43.9 Å². The molecule has 0 fully saturated rings. The number of thiophene rings is 1. The van der Waals surface area contributed by atoms with Gasteiger partial charge in [-0.2, -0.15) is 5.26 Å². The molecule has 1 aliphatic carbocycles. The van der Waals surface area contributed by atoms with E-state index in [1.165, 1.54) is 28.0 Å². The monoisotopic (exact) mass is 457 g/mol. The van der Waals surface area contributed by atoms with Crippen LogP contribution in [-0.4, -0.2) is 22.2 Å². The van der Waals surface area contributed by atoms with Crippen LogP contribution in [0.4, 0.5) is 5.13 Å². The molecule has 30 heavy (non-hydrogen) atoms. The van der Waals surface area contributed by atoms with E-state index in [1.807, 2.05) is 12.3 Å². The molecule has 2 aromatic rings. The number of hydrogen-bond donors (Lipinski definition) is 1. The van der Waals surface area contributed by atoms with Gasteiger partial charge in [-0.25, -0.2) is 0 Å². The highest BCUT2D eigenvalue weighted by Crippen LogP contribution is 2.49. The van der Waals surface area contributed by atoms with Crippen molar-refractivity contribution in [2.24, 2.45) is 5.73 Å². The molecule has 2 N–H and O–H groups in total. The van der Waals surface area contributed by atoms with Gasteiger partial charge in [0.15, 0.2) is 10.1 Å². The normalized spacial score (nSPS) is 19.9. The molecular formula is C21H23N5OS3. The molecule has 0 bridgehead atoms. The van der Waals surface area contributed by atoms with Crippen LogP contribution in [0.25, 0.3) is 0 Å². The summed E-state index contributed by atoms with van der Waals surface area (Å²) in [5.74, 6) is 0.0281. The molecule has 9 heteroatoms. The summed E-state index contributed by atoms with van der Waals surface area (Å²) in [7, 11) is 0. The van der Waals surface area contributed by atoms with Crippen molar-refractivity contribution in [3.8, 4) is 6.07 Å². The lowest BCUT2D eigenvalue weighted by Crippen LogP contribution is -2.38. The third-order valence-corrected chi connectivity index (χ3v) is 8.79. The topological polar surface area (TPSA) is 95.9 Å². The minimum atomic E-state index is -0.414. The number of nitriles is 1. The molecule has 156 valence electrons. The van der Waals surface area contributed by atoms with Crippen molar-refractivity contribution >= 4 is 45.4 Å². The third kappa shape index (κ3) is 3.47. The highest BCUT2D eigenvalue weighted by atomic mass is 32.2. The average molecular weight is 458 g/mol. The van der Waals surface area contributed by atoms with Gasteiger partial charge in [0.2, 0.25) is 5.13 Å². The van der Waals surface area contributed by atoms with Crippen molar-refractivity contribution in [3.05, 3.63) is 44.6 Å². The molecule has 2 aromatic heterocycles. The standard InChI is InChI=1S/C21H23N5OS3/c1-21(2,3)15-9-8-14(29-15)16-11(10-22)18(23)26(19-24-25-20(28-4)30-19)12-6-5-7-13(27)17(12)16/h8-9,16H,5-7,23H2,1-4H3. The van der Waals surface area contributed by atoms with Crippen LogP contribution in [-0.2, 0) is 10.2 Å². The molecule has 0 saturated carbocycles. The Morgan fingerprint density at radius 2 is 2.03 bits per heavy atom. The number of Topliss-reactive ketones (excluding diaryl/α,β-unsaturated/α-hetero) is 1. The van der Waals surface area contributed by atoms with Crippen LogP contribution in [0.15, 0.2) is 39.1 Å². The molecule has 1 atom stereocenters. The summed E-state index contributed by atoms with van der Waals surface area (Å²) >= 11 is 4.58. The Labute approximate surface area is 188 Å². The molecule has 6 nitrogen and oxygen atoms in total. The fourth-order valence-electron chi connectivity index (χ4n) is 3.88. The van der Waals surface area contributed by atoms with Gasteiger partial charge in [-0.05, 0) is 36.6 Å². The molecule has 0 aromatic carbocycles. The molecule has 0 amide bonds. The van der Waals surface area contributed by atoms with Crippen LogP contribution in [0.5, 0.6) is 0 Å². The van der Waals surface area contributed by atoms with Gasteiger partial charge in [0.05, 0.1) is 17.6 Å². The SMILES string of the molecule is CSc1nnc(N2C(N)=C(C#N)C(c3ccc(C(C)(C)C)s3)C3=C2CCCC3=O)s1. The van der Waals surface area contributed by atoms with Crippen molar-refractivity contribution in [1.82, 2.24) is 10.2 Å². The van der Waals surface area contributed by atoms with Gasteiger partial charge in [0.25, 0.3) is 0 Å². The molecule has 1 aliphatic heterocycles. The van der Waals surface area contributed by atoms with Gasteiger partial charge in [-0.3, -0.25) is 9.69 Å². The Morgan fingerprint density at radius 1 is 1.27 bits per heavy atom. The first-order valence-corrected chi connectivity index (χ1v) is 12.6. The Balaban J connectivity index is 1.91. The van der Waals surface area contributed by atoms with E-state index >= 15 is 0 Å². The fraction of sp³-hybridized carbons (Fsp3) is 0.429. The number of ketones is 1. The van der Waals surface area contributed by atoms with Crippen LogP contribution in [0.1, 0.15) is 55.7 Å². The summed E-state index contributed by atoms with van der Waals surface area (Å²) < 4.78 is 0.816. The fourth-order valence-corrected chi connectivity index (χ4v) is 6.36. The number of carbonyl (C=O) groups excluding carboxylic acids is 1. The summed E-state index contributed by atoms with van der Waals surface area (Å²) in [5, 5.41) is 19.1. The number of hydrogen-bond acceptors (Lipinski definition) is 9. The Bertz CT molecular complexity index is 1110. The summed E-state index contributed by atoms with van der Waals surface area (Å²) in [6, 6.07) is 6.45. The highest BCUT2D eigenvalue weighted by molar-refractivity contribution is 8.00. The lowest BCUT2D eigenvalue weighted by molar-refractivity contribution is -0.116. The Hall–Kier alpha value is -2.15. The van der Waals surface area contributed by atoms with Crippen molar-refractivity contribution in [2.75, 3.05) is 11.2 Å². The van der Waals surface area contributed by atoms with Crippen LogP contribution in [0.3, 0.4) is 0 Å². The number of anilines is 1. The van der Waals surface area contributed by atoms with Crippen LogP contribution >= 0.6 is 34.4 Å². The largest absolute Gasteiger partial charge is 0.384 e. The number of allylic oxidation sites excluding steroid dienone is 3. The van der Waals surface area contributed by atoms with Crippen LogP contribution in [0, 0.1) is 11.3 Å². The maximum atomic E-state index is 13.1. The molecule has 0 radical (unpaired) electrons. The summed E-state index contributed by atoms with van der Waals surface area (Å²) in [5.41, 5.74) is 8.53. The van der Waals surface area contributed by atoms with E-state index in [-0.39, 0.29) is 11.2 Å².